The van der Waals surface area contributed by atoms with Crippen LogP contribution < -0.4 is 10.6 Å². The number of halogens is 3. The zero-order valence-electron chi connectivity index (χ0n) is 21.7. The first kappa shape index (κ1) is 28.2. The molecule has 2 amide bonds. The largest absolute Gasteiger partial charge is 0.335 e. The summed E-state index contributed by atoms with van der Waals surface area (Å²) < 4.78 is 30.1. The molecule has 202 valence electrons. The highest BCUT2D eigenvalue weighted by Gasteiger charge is 2.46. The van der Waals surface area contributed by atoms with Crippen molar-refractivity contribution in [2.75, 3.05) is 19.6 Å². The number of carbonyl (C=O) groups is 2. The van der Waals surface area contributed by atoms with Gasteiger partial charge in [-0.25, -0.2) is 8.78 Å². The van der Waals surface area contributed by atoms with Crippen LogP contribution in [-0.4, -0.2) is 41.9 Å². The molecule has 4 rings (SSSR count). The van der Waals surface area contributed by atoms with Crippen molar-refractivity contribution < 1.29 is 18.4 Å². The summed E-state index contributed by atoms with van der Waals surface area (Å²) in [5, 5.41) is 15.8. The molecule has 1 atom stereocenters. The summed E-state index contributed by atoms with van der Waals surface area (Å²) in [6.07, 6.45) is 0.687. The van der Waals surface area contributed by atoms with Crippen LogP contribution in [0.4, 0.5) is 8.78 Å². The van der Waals surface area contributed by atoms with Gasteiger partial charge < -0.3 is 15.5 Å². The average Bonchev–Trinajstić information content (AvgIpc) is 2.93. The fourth-order valence-corrected chi connectivity index (χ4v) is 5.11. The van der Waals surface area contributed by atoms with E-state index in [0.717, 1.165) is 29.8 Å². The van der Waals surface area contributed by atoms with Gasteiger partial charge in [-0.3, -0.25) is 9.59 Å². The molecule has 1 aliphatic rings. The average molecular weight is 551 g/mol. The standard InChI is InChI=1S/C30H29ClF2N4O2/c1-3-37-17-15-30(19-34,16-18-37)36-28(39)29(2,26-24(32)9-6-10-25(26)33)35-27(38)21-13-11-20(12-14-21)22-7-4-5-8-23(22)31/h4-14H,3,15-18H2,1-2H3,(H,35,38)(H,36,39)/t29-/m0/s1. The number of hydrogen-bond acceptors (Lipinski definition) is 4. The summed E-state index contributed by atoms with van der Waals surface area (Å²) in [7, 11) is 0. The van der Waals surface area contributed by atoms with Crippen LogP contribution in [0.25, 0.3) is 11.1 Å². The number of amides is 2. The molecule has 3 aromatic carbocycles. The Balaban J connectivity index is 1.65. The minimum Gasteiger partial charge on any atom is -0.335 e. The molecule has 0 saturated carbocycles. The van der Waals surface area contributed by atoms with Gasteiger partial charge in [-0.05, 0) is 62.2 Å². The van der Waals surface area contributed by atoms with Gasteiger partial charge in [0.25, 0.3) is 11.8 Å². The zero-order valence-corrected chi connectivity index (χ0v) is 22.5. The Morgan fingerprint density at radius 1 is 1.03 bits per heavy atom. The number of benzene rings is 3. The summed E-state index contributed by atoms with van der Waals surface area (Å²) in [6.45, 7) is 5.22. The molecule has 1 saturated heterocycles. The first-order valence-electron chi connectivity index (χ1n) is 12.7. The third-order valence-electron chi connectivity index (χ3n) is 7.34. The minimum absolute atomic E-state index is 0.174. The molecule has 0 bridgehead atoms. The molecule has 39 heavy (non-hydrogen) atoms. The molecule has 0 radical (unpaired) electrons. The minimum atomic E-state index is -2.15. The van der Waals surface area contributed by atoms with Crippen LogP contribution in [0, 0.1) is 23.0 Å². The second-order valence-corrected chi connectivity index (χ2v) is 10.2. The second-order valence-electron chi connectivity index (χ2n) is 9.82. The lowest BCUT2D eigenvalue weighted by Gasteiger charge is -2.40. The fraction of sp³-hybridized carbons (Fsp3) is 0.300. The van der Waals surface area contributed by atoms with Crippen LogP contribution in [0.1, 0.15) is 42.6 Å². The van der Waals surface area contributed by atoms with Crippen molar-refractivity contribution in [1.29, 1.82) is 5.26 Å². The first-order valence-corrected chi connectivity index (χ1v) is 13.1. The van der Waals surface area contributed by atoms with E-state index in [1.165, 1.54) is 13.0 Å². The van der Waals surface area contributed by atoms with E-state index in [9.17, 15) is 14.9 Å². The molecule has 3 aromatic rings. The van der Waals surface area contributed by atoms with E-state index in [4.69, 9.17) is 11.6 Å². The molecule has 2 N–H and O–H groups in total. The van der Waals surface area contributed by atoms with E-state index in [1.807, 2.05) is 25.1 Å². The van der Waals surface area contributed by atoms with Gasteiger partial charge in [0.15, 0.2) is 0 Å². The van der Waals surface area contributed by atoms with Crippen LogP contribution in [0.15, 0.2) is 66.7 Å². The molecular formula is C30H29ClF2N4O2. The van der Waals surface area contributed by atoms with Crippen LogP contribution in [0.2, 0.25) is 5.02 Å². The Kier molecular flexibility index (Phi) is 8.34. The number of rotatable bonds is 7. The van der Waals surface area contributed by atoms with Crippen LogP contribution in [0.3, 0.4) is 0 Å². The topological polar surface area (TPSA) is 85.2 Å². The maximum absolute atomic E-state index is 15.0. The predicted molar refractivity (Wildman–Crippen MR) is 146 cm³/mol. The van der Waals surface area contributed by atoms with Crippen molar-refractivity contribution in [3.05, 3.63) is 94.5 Å². The third-order valence-corrected chi connectivity index (χ3v) is 7.67. The number of nitrogens with zero attached hydrogens (tertiary/aromatic N) is 2. The van der Waals surface area contributed by atoms with E-state index in [-0.39, 0.29) is 5.56 Å². The number of nitrogens with one attached hydrogen (secondary N) is 2. The Labute approximate surface area is 231 Å². The Morgan fingerprint density at radius 3 is 2.21 bits per heavy atom. The number of piperidine rings is 1. The van der Waals surface area contributed by atoms with Crippen LogP contribution in [0.5, 0.6) is 0 Å². The Bertz CT molecular complexity index is 1390. The monoisotopic (exact) mass is 550 g/mol. The summed E-state index contributed by atoms with van der Waals surface area (Å²) in [6, 6.07) is 19.1. The molecule has 1 heterocycles. The highest BCUT2D eigenvalue weighted by molar-refractivity contribution is 6.33. The van der Waals surface area contributed by atoms with Gasteiger partial charge >= 0.3 is 0 Å². The van der Waals surface area contributed by atoms with Crippen molar-refractivity contribution in [1.82, 2.24) is 15.5 Å². The maximum Gasteiger partial charge on any atom is 0.252 e. The normalized spacial score (nSPS) is 16.5. The molecule has 9 heteroatoms. The van der Waals surface area contributed by atoms with Gasteiger partial charge in [-0.1, -0.05) is 54.9 Å². The second kappa shape index (κ2) is 11.5. The van der Waals surface area contributed by atoms with Gasteiger partial charge in [0.2, 0.25) is 0 Å². The van der Waals surface area contributed by atoms with Gasteiger partial charge in [-0.2, -0.15) is 5.26 Å². The lowest BCUT2D eigenvalue weighted by molar-refractivity contribution is -0.129. The van der Waals surface area contributed by atoms with Crippen molar-refractivity contribution in [3.8, 4) is 17.2 Å². The lowest BCUT2D eigenvalue weighted by atomic mass is 9.84. The van der Waals surface area contributed by atoms with E-state index in [1.54, 1.807) is 30.3 Å². The Hall–Kier alpha value is -3.80. The van der Waals surface area contributed by atoms with Crippen LogP contribution >= 0.6 is 11.6 Å². The zero-order chi connectivity index (χ0) is 28.2. The third kappa shape index (κ3) is 5.80. The van der Waals surface area contributed by atoms with E-state index in [2.05, 4.69) is 21.6 Å². The molecule has 6 nitrogen and oxygen atoms in total. The molecule has 1 aliphatic heterocycles. The Morgan fingerprint density at radius 2 is 1.64 bits per heavy atom. The number of likely N-dealkylation sites (tertiary alicyclic amines) is 1. The smallest absolute Gasteiger partial charge is 0.252 e. The number of carbonyl (C=O) groups excluding carboxylic acids is 2. The summed E-state index contributed by atoms with van der Waals surface area (Å²) in [5.74, 6) is -3.57. The van der Waals surface area contributed by atoms with E-state index < -0.39 is 40.1 Å². The molecule has 1 fully saturated rings. The van der Waals surface area contributed by atoms with Crippen molar-refractivity contribution in [2.45, 2.75) is 37.8 Å². The molecule has 0 unspecified atom stereocenters. The SMILES string of the molecule is CCN1CCC(C#N)(NC(=O)[C@@](C)(NC(=O)c2ccc(-c3ccccc3Cl)cc2)c2c(F)cccc2F)CC1. The quantitative estimate of drug-likeness (QED) is 0.411. The number of nitriles is 1. The summed E-state index contributed by atoms with van der Waals surface area (Å²) in [5.41, 5.74) is -2.27. The van der Waals surface area contributed by atoms with Crippen LogP contribution in [-0.2, 0) is 10.3 Å². The molecular weight excluding hydrogens is 522 g/mol. The summed E-state index contributed by atoms with van der Waals surface area (Å²) in [4.78, 5) is 29.3. The molecule has 0 spiro atoms. The van der Waals surface area contributed by atoms with Crippen molar-refractivity contribution in [2.24, 2.45) is 0 Å². The highest BCUT2D eigenvalue weighted by Crippen LogP contribution is 2.31. The molecule has 0 aliphatic carbocycles. The highest BCUT2D eigenvalue weighted by atomic mass is 35.5. The van der Waals surface area contributed by atoms with Gasteiger partial charge in [0, 0.05) is 29.2 Å². The van der Waals surface area contributed by atoms with Crippen molar-refractivity contribution >= 4 is 23.4 Å². The maximum atomic E-state index is 15.0. The lowest BCUT2D eigenvalue weighted by Crippen LogP contribution is -2.62. The fourth-order valence-electron chi connectivity index (χ4n) is 4.86. The van der Waals surface area contributed by atoms with Crippen molar-refractivity contribution in [3.63, 3.8) is 0 Å². The first-order chi connectivity index (χ1) is 18.6. The van der Waals surface area contributed by atoms with E-state index in [0.29, 0.717) is 31.0 Å². The predicted octanol–water partition coefficient (Wildman–Crippen LogP) is 5.42. The number of hydrogen-bond donors (Lipinski definition) is 2. The van der Waals surface area contributed by atoms with Gasteiger partial charge in [0.05, 0.1) is 11.6 Å². The molecule has 0 aromatic heterocycles. The van der Waals surface area contributed by atoms with Gasteiger partial charge in [0.1, 0.15) is 22.7 Å². The van der Waals surface area contributed by atoms with Gasteiger partial charge in [-0.15, -0.1) is 0 Å². The van der Waals surface area contributed by atoms with E-state index >= 15 is 8.78 Å². The summed E-state index contributed by atoms with van der Waals surface area (Å²) >= 11 is 6.28.